The zero-order valence-corrected chi connectivity index (χ0v) is 28.6. The number of amides is 3. The number of hydrogen-bond acceptors (Lipinski definition) is 9. The van der Waals surface area contributed by atoms with Gasteiger partial charge in [0.15, 0.2) is 6.61 Å². The molecule has 2 bridgehead atoms. The van der Waals surface area contributed by atoms with Crippen LogP contribution in [0.5, 0.6) is 5.75 Å². The number of H-pyrrole nitrogens is 1. The van der Waals surface area contributed by atoms with Crippen molar-refractivity contribution in [2.24, 2.45) is 34.7 Å². The molecule has 0 radical (unpaired) electrons. The Labute approximate surface area is 296 Å². The van der Waals surface area contributed by atoms with Crippen molar-refractivity contribution in [1.82, 2.24) is 4.98 Å². The topological polar surface area (TPSA) is 169 Å². The number of benzene rings is 3. The number of thioether (sulfide) groups is 1. The van der Waals surface area contributed by atoms with Crippen molar-refractivity contribution in [3.05, 3.63) is 98.5 Å². The van der Waals surface area contributed by atoms with Gasteiger partial charge in [0.1, 0.15) is 5.75 Å². The molecule has 0 spiro atoms. The maximum Gasteiger partial charge on any atom is 0.418 e. The van der Waals surface area contributed by atoms with Gasteiger partial charge in [-0.25, -0.2) is 18.5 Å². The first-order chi connectivity index (χ1) is 24.2. The summed E-state index contributed by atoms with van der Waals surface area (Å²) in [6.45, 7) is -0.420. The van der Waals surface area contributed by atoms with Gasteiger partial charge in [0.05, 0.1) is 33.0 Å². The second-order valence-corrected chi connectivity index (χ2v) is 16.7. The van der Waals surface area contributed by atoms with E-state index in [1.54, 1.807) is 18.2 Å². The summed E-state index contributed by atoms with van der Waals surface area (Å²) in [5.41, 5.74) is -0.548. The normalized spacial score (nSPS) is 26.5. The van der Waals surface area contributed by atoms with E-state index in [9.17, 15) is 40.8 Å². The monoisotopic (exact) mass is 756 g/mol. The number of nitrogens with two attached hydrogens (primary N) is 1. The van der Waals surface area contributed by atoms with Crippen molar-refractivity contribution >= 4 is 62.2 Å². The van der Waals surface area contributed by atoms with E-state index in [1.165, 1.54) is 48.2 Å². The van der Waals surface area contributed by atoms with Crippen molar-refractivity contribution in [3.8, 4) is 5.75 Å². The number of para-hydroxylation sites is 2. The average Bonchev–Trinajstić information content (AvgIpc) is 3.82. The number of hydrogen-bond donors (Lipinski definition) is 3. The Morgan fingerprint density at radius 3 is 2.33 bits per heavy atom. The number of carbonyl (C=O) groups is 3. The molecule has 2 saturated carbocycles. The van der Waals surface area contributed by atoms with Crippen LogP contribution in [0.3, 0.4) is 0 Å². The molecule has 3 fully saturated rings. The van der Waals surface area contributed by atoms with E-state index < -0.39 is 69.5 Å². The van der Waals surface area contributed by atoms with Gasteiger partial charge in [-0.15, -0.1) is 11.8 Å². The molecule has 1 saturated heterocycles. The number of rotatable bonds is 7. The number of aromatic nitrogens is 1. The van der Waals surface area contributed by atoms with Crippen LogP contribution in [0, 0.1) is 29.6 Å². The smallest absolute Gasteiger partial charge is 0.418 e. The number of nitrogens with one attached hydrogen (secondary N) is 2. The van der Waals surface area contributed by atoms with Crippen molar-refractivity contribution < 1.29 is 40.7 Å². The second kappa shape index (κ2) is 12.1. The van der Waals surface area contributed by atoms with Crippen LogP contribution < -0.4 is 25.0 Å². The predicted octanol–water partition coefficient (Wildman–Crippen LogP) is 4.80. The Bertz CT molecular complexity index is 2270. The van der Waals surface area contributed by atoms with Crippen molar-refractivity contribution in [3.63, 3.8) is 0 Å². The van der Waals surface area contributed by atoms with Gasteiger partial charge in [0.25, 0.3) is 5.91 Å². The van der Waals surface area contributed by atoms with Gasteiger partial charge in [0, 0.05) is 27.3 Å². The number of primary sulfonamides is 1. The Morgan fingerprint density at radius 1 is 0.961 bits per heavy atom. The van der Waals surface area contributed by atoms with Gasteiger partial charge in [-0.3, -0.25) is 19.2 Å². The Kier molecular flexibility index (Phi) is 7.97. The third-order valence-corrected chi connectivity index (χ3v) is 13.8. The number of ether oxygens (including phenoxy) is 1. The molecular weight excluding hydrogens is 730 g/mol. The highest BCUT2D eigenvalue weighted by molar-refractivity contribution is 8.00. The summed E-state index contributed by atoms with van der Waals surface area (Å²) in [5.74, 6) is -4.53. The van der Waals surface area contributed by atoms with Crippen molar-refractivity contribution in [1.29, 1.82) is 0 Å². The first kappa shape index (κ1) is 33.7. The highest BCUT2D eigenvalue weighted by atomic mass is 32.2. The van der Waals surface area contributed by atoms with Crippen LogP contribution in [-0.2, 0) is 30.6 Å². The molecule has 3 heterocycles. The number of alkyl halides is 3. The van der Waals surface area contributed by atoms with Gasteiger partial charge < -0.3 is 15.0 Å². The molecule has 4 aliphatic rings. The number of halogens is 3. The molecule has 264 valence electrons. The highest BCUT2D eigenvalue weighted by Crippen LogP contribution is 2.69. The molecule has 0 unspecified atom stereocenters. The summed E-state index contributed by atoms with van der Waals surface area (Å²) < 4.78 is 71.2. The first-order valence-electron chi connectivity index (χ1n) is 15.8. The maximum absolute atomic E-state index is 14.1. The summed E-state index contributed by atoms with van der Waals surface area (Å²) in [6, 6.07) is 16.9. The molecule has 7 atom stereocenters. The molecular formula is C34H27F3N4O7S3. The predicted molar refractivity (Wildman–Crippen MR) is 181 cm³/mol. The van der Waals surface area contributed by atoms with Gasteiger partial charge in [0.2, 0.25) is 21.8 Å². The van der Waals surface area contributed by atoms with Gasteiger partial charge >= 0.3 is 11.0 Å². The molecule has 4 aromatic rings. The molecule has 8 rings (SSSR count). The van der Waals surface area contributed by atoms with E-state index in [4.69, 9.17) is 9.88 Å². The SMILES string of the molecule is NS(=O)(=O)c1ccc(NC(=O)COc2ccccc2[C@@H]2c3sc(=O)[nH]c3S[C@@H]3[C@@H]4C[C@@H]([C@@H]5C(=O)N(c6ccccc6C(F)(F)F)C(=O)[C@@H]45)[C@H]23)cc1. The quantitative estimate of drug-likeness (QED) is 0.226. The Morgan fingerprint density at radius 2 is 1.63 bits per heavy atom. The van der Waals surface area contributed by atoms with Crippen molar-refractivity contribution in [2.45, 2.75) is 33.7 Å². The summed E-state index contributed by atoms with van der Waals surface area (Å²) in [6.07, 6.45) is -4.25. The lowest BCUT2D eigenvalue weighted by Gasteiger charge is -2.43. The minimum atomic E-state index is -4.78. The van der Waals surface area contributed by atoms with Crippen LogP contribution in [0.2, 0.25) is 0 Å². The lowest BCUT2D eigenvalue weighted by atomic mass is 9.68. The molecule has 3 amide bonds. The van der Waals surface area contributed by atoms with E-state index in [0.717, 1.165) is 33.2 Å². The number of carbonyl (C=O) groups excluding carboxylic acids is 3. The number of imide groups is 1. The molecule has 11 nitrogen and oxygen atoms in total. The van der Waals surface area contributed by atoms with Gasteiger partial charge in [-0.2, -0.15) is 13.2 Å². The van der Waals surface area contributed by atoms with Crippen LogP contribution in [0.4, 0.5) is 24.5 Å². The largest absolute Gasteiger partial charge is 0.483 e. The summed E-state index contributed by atoms with van der Waals surface area (Å²) in [4.78, 5) is 57.6. The van der Waals surface area contributed by atoms with E-state index in [0.29, 0.717) is 28.4 Å². The summed E-state index contributed by atoms with van der Waals surface area (Å²) in [7, 11) is -3.91. The lowest BCUT2D eigenvalue weighted by molar-refractivity contribution is -0.137. The minimum absolute atomic E-state index is 0.115. The summed E-state index contributed by atoms with van der Waals surface area (Å²) in [5, 5.41) is 8.18. The lowest BCUT2D eigenvalue weighted by Crippen LogP contribution is -2.42. The molecule has 1 aromatic heterocycles. The second-order valence-electron chi connectivity index (χ2n) is 12.9. The third-order valence-electron chi connectivity index (χ3n) is 10.3. The molecule has 2 aliphatic heterocycles. The van der Waals surface area contributed by atoms with Crippen molar-refractivity contribution in [2.75, 3.05) is 16.8 Å². The fourth-order valence-corrected chi connectivity index (χ4v) is 11.8. The highest BCUT2D eigenvalue weighted by Gasteiger charge is 2.70. The standard InChI is InChI=1S/C34H27F3N4O7S3/c35-34(36,37)20-6-2-3-7-21(20)41-31(43)26-18-13-19(27(26)32(41)44)28-25(18)24(29-30(49-28)40-33(45)50-29)17-5-1-4-8-22(17)48-14-23(42)39-15-9-11-16(12-10-15)51(38,46)47/h1-12,18-19,24-28H,13-14H2,(H,39,42)(H,40,45)(H2,38,46,47)/t18-,19-,24+,25-,26+,27+,28-/m1/s1. The van der Waals surface area contributed by atoms with E-state index in [2.05, 4.69) is 10.3 Å². The average molecular weight is 757 g/mol. The fourth-order valence-electron chi connectivity index (χ4n) is 8.45. The zero-order chi connectivity index (χ0) is 36.0. The number of fused-ring (bicyclic) bond motifs is 9. The van der Waals surface area contributed by atoms with Gasteiger partial charge in [-0.05, 0) is 66.6 Å². The molecule has 17 heteroatoms. The van der Waals surface area contributed by atoms with Crippen LogP contribution in [-0.4, -0.2) is 43.0 Å². The Balaban J connectivity index is 1.10. The number of anilines is 2. The molecule has 2 aliphatic carbocycles. The molecule has 4 N–H and O–H groups in total. The van der Waals surface area contributed by atoms with Gasteiger partial charge in [-0.1, -0.05) is 41.7 Å². The Hall–Kier alpha value is -4.45. The third kappa shape index (κ3) is 5.57. The molecule has 51 heavy (non-hydrogen) atoms. The van der Waals surface area contributed by atoms with Crippen LogP contribution >= 0.6 is 23.1 Å². The number of sulfonamides is 1. The van der Waals surface area contributed by atoms with E-state index in [1.807, 2.05) is 6.07 Å². The summed E-state index contributed by atoms with van der Waals surface area (Å²) >= 11 is 2.47. The van der Waals surface area contributed by atoms with Crippen LogP contribution in [0.1, 0.15) is 28.3 Å². The van der Waals surface area contributed by atoms with E-state index >= 15 is 0 Å². The number of aromatic amines is 1. The number of nitrogens with zero attached hydrogens (tertiary/aromatic N) is 1. The fraction of sp³-hybridized carbons (Fsp3) is 0.294. The van der Waals surface area contributed by atoms with Crippen LogP contribution in [0.25, 0.3) is 0 Å². The first-order valence-corrected chi connectivity index (χ1v) is 19.0. The number of thiazole rings is 1. The maximum atomic E-state index is 14.1. The van der Waals surface area contributed by atoms with E-state index in [-0.39, 0.29) is 32.8 Å². The zero-order valence-electron chi connectivity index (χ0n) is 26.1. The minimum Gasteiger partial charge on any atom is -0.483 e. The van der Waals surface area contributed by atoms with Crippen LogP contribution in [0.15, 0.2) is 87.5 Å². The molecule has 3 aromatic carbocycles.